The van der Waals surface area contributed by atoms with Crippen LogP contribution in [0.5, 0.6) is 0 Å². The summed E-state index contributed by atoms with van der Waals surface area (Å²) in [7, 11) is -2.06. The van der Waals surface area contributed by atoms with Crippen molar-refractivity contribution >= 4 is 21.6 Å². The van der Waals surface area contributed by atoms with Gasteiger partial charge in [-0.15, -0.1) is 0 Å². The smallest absolute Gasteiger partial charge is 0.301 e. The molecule has 1 aromatic carbocycles. The fourth-order valence-electron chi connectivity index (χ4n) is 2.47. The minimum atomic E-state index is -3.64. The molecular weight excluding hydrogens is 281 g/mol. The van der Waals surface area contributed by atoms with Crippen molar-refractivity contribution in [1.29, 1.82) is 0 Å². The van der Waals surface area contributed by atoms with E-state index in [9.17, 15) is 12.8 Å². The van der Waals surface area contributed by atoms with Gasteiger partial charge in [0.2, 0.25) is 0 Å². The number of halogens is 1. The van der Waals surface area contributed by atoms with Crippen molar-refractivity contribution in [3.63, 3.8) is 0 Å². The summed E-state index contributed by atoms with van der Waals surface area (Å²) in [6, 6.07) is 3.81. The van der Waals surface area contributed by atoms with Gasteiger partial charge in [-0.1, -0.05) is 19.3 Å². The van der Waals surface area contributed by atoms with Crippen molar-refractivity contribution in [2.24, 2.45) is 0 Å². The fraction of sp³-hybridized carbons (Fsp3) is 0.538. The van der Waals surface area contributed by atoms with Gasteiger partial charge in [0.15, 0.2) is 0 Å². The van der Waals surface area contributed by atoms with Crippen LogP contribution in [-0.2, 0) is 10.2 Å². The lowest BCUT2D eigenvalue weighted by atomic mass is 9.96. The first-order valence-electron chi connectivity index (χ1n) is 6.71. The zero-order valence-electron chi connectivity index (χ0n) is 11.5. The molecule has 0 radical (unpaired) electrons. The van der Waals surface area contributed by atoms with E-state index in [2.05, 4.69) is 4.72 Å². The highest BCUT2D eigenvalue weighted by Gasteiger charge is 2.27. The molecule has 1 aliphatic rings. The number of nitrogens with zero attached hydrogens (tertiary/aromatic N) is 1. The first kappa shape index (κ1) is 15.1. The molecule has 112 valence electrons. The van der Waals surface area contributed by atoms with Crippen LogP contribution in [-0.4, -0.2) is 25.8 Å². The molecule has 0 atom stereocenters. The third kappa shape index (κ3) is 3.40. The summed E-state index contributed by atoms with van der Waals surface area (Å²) in [6.45, 7) is 0. The molecule has 2 rings (SSSR count). The van der Waals surface area contributed by atoms with E-state index in [1.54, 1.807) is 7.05 Å². The van der Waals surface area contributed by atoms with Gasteiger partial charge in [0, 0.05) is 13.1 Å². The van der Waals surface area contributed by atoms with Gasteiger partial charge in [-0.3, -0.25) is 4.72 Å². The summed E-state index contributed by atoms with van der Waals surface area (Å²) in [5.74, 6) is -0.561. The number of hydrogen-bond acceptors (Lipinski definition) is 3. The maximum Gasteiger partial charge on any atom is 0.301 e. The lowest BCUT2D eigenvalue weighted by Gasteiger charge is -2.30. The van der Waals surface area contributed by atoms with E-state index >= 15 is 0 Å². The Labute approximate surface area is 119 Å². The normalized spacial score (nSPS) is 17.4. The third-order valence-corrected chi connectivity index (χ3v) is 5.26. The predicted molar refractivity (Wildman–Crippen MR) is 78.0 cm³/mol. The molecule has 0 aromatic heterocycles. The Kier molecular flexibility index (Phi) is 4.49. The number of benzene rings is 1. The molecule has 5 nitrogen and oxygen atoms in total. The van der Waals surface area contributed by atoms with Crippen LogP contribution in [0.4, 0.5) is 15.8 Å². The Morgan fingerprint density at radius 3 is 2.55 bits per heavy atom. The number of rotatable bonds is 4. The largest absolute Gasteiger partial charge is 0.396 e. The number of nitrogens with one attached hydrogen (secondary N) is 1. The van der Waals surface area contributed by atoms with Crippen LogP contribution in [0.25, 0.3) is 0 Å². The van der Waals surface area contributed by atoms with Gasteiger partial charge in [-0.2, -0.15) is 12.7 Å². The topological polar surface area (TPSA) is 75.4 Å². The Bertz CT molecular complexity index is 571. The second kappa shape index (κ2) is 5.97. The fourth-order valence-corrected chi connectivity index (χ4v) is 3.64. The SMILES string of the molecule is CN(C1CCCCC1)S(=O)(=O)Nc1ccc(F)c(N)c1. The number of anilines is 2. The van der Waals surface area contributed by atoms with E-state index in [-0.39, 0.29) is 17.4 Å². The van der Waals surface area contributed by atoms with Crippen LogP contribution < -0.4 is 10.5 Å². The van der Waals surface area contributed by atoms with Gasteiger partial charge < -0.3 is 5.73 Å². The molecule has 0 aliphatic heterocycles. The van der Waals surface area contributed by atoms with Crippen molar-refractivity contribution in [2.45, 2.75) is 38.1 Å². The second-order valence-corrected chi connectivity index (χ2v) is 6.88. The van der Waals surface area contributed by atoms with Gasteiger partial charge >= 0.3 is 10.2 Å². The van der Waals surface area contributed by atoms with Crippen LogP contribution in [0.1, 0.15) is 32.1 Å². The minimum Gasteiger partial charge on any atom is -0.396 e. The zero-order valence-corrected chi connectivity index (χ0v) is 12.3. The van der Waals surface area contributed by atoms with Crippen LogP contribution in [0.15, 0.2) is 18.2 Å². The standard InChI is InChI=1S/C13H20FN3O2S/c1-17(11-5-3-2-4-6-11)20(18,19)16-10-7-8-12(14)13(15)9-10/h7-9,11,16H,2-6,15H2,1H3. The monoisotopic (exact) mass is 301 g/mol. The molecule has 0 amide bonds. The molecule has 0 spiro atoms. The summed E-state index contributed by atoms with van der Waals surface area (Å²) in [6.07, 6.45) is 5.01. The van der Waals surface area contributed by atoms with Crippen molar-refractivity contribution in [1.82, 2.24) is 4.31 Å². The van der Waals surface area contributed by atoms with E-state index in [1.807, 2.05) is 0 Å². The first-order valence-corrected chi connectivity index (χ1v) is 8.15. The summed E-state index contributed by atoms with van der Waals surface area (Å²) >= 11 is 0. The molecule has 7 heteroatoms. The first-order chi connectivity index (χ1) is 9.40. The van der Waals surface area contributed by atoms with E-state index in [4.69, 9.17) is 5.73 Å². The Balaban J connectivity index is 2.11. The van der Waals surface area contributed by atoms with E-state index < -0.39 is 16.0 Å². The maximum atomic E-state index is 13.1. The van der Waals surface area contributed by atoms with Crippen LogP contribution in [0, 0.1) is 5.82 Å². The molecular formula is C13H20FN3O2S. The number of nitrogen functional groups attached to an aromatic ring is 1. The maximum absolute atomic E-state index is 13.1. The molecule has 0 heterocycles. The summed E-state index contributed by atoms with van der Waals surface area (Å²) in [5.41, 5.74) is 5.63. The quantitative estimate of drug-likeness (QED) is 0.838. The van der Waals surface area contributed by atoms with Gasteiger partial charge in [0.1, 0.15) is 5.82 Å². The van der Waals surface area contributed by atoms with Crippen LogP contribution >= 0.6 is 0 Å². The molecule has 1 saturated carbocycles. The molecule has 3 N–H and O–H groups in total. The van der Waals surface area contributed by atoms with E-state index in [0.29, 0.717) is 0 Å². The highest BCUT2D eigenvalue weighted by molar-refractivity contribution is 7.90. The Morgan fingerprint density at radius 1 is 1.30 bits per heavy atom. The van der Waals surface area contributed by atoms with Crippen molar-refractivity contribution in [3.8, 4) is 0 Å². The minimum absolute atomic E-state index is 0.0269. The lowest BCUT2D eigenvalue weighted by Crippen LogP contribution is -2.41. The zero-order chi connectivity index (χ0) is 14.8. The molecule has 1 aliphatic carbocycles. The highest BCUT2D eigenvalue weighted by Crippen LogP contribution is 2.25. The number of hydrogen-bond donors (Lipinski definition) is 2. The van der Waals surface area contributed by atoms with Crippen molar-refractivity contribution < 1.29 is 12.8 Å². The average Bonchev–Trinajstić information content (AvgIpc) is 2.43. The molecule has 20 heavy (non-hydrogen) atoms. The third-order valence-electron chi connectivity index (χ3n) is 3.71. The molecule has 0 unspecified atom stereocenters. The molecule has 1 fully saturated rings. The molecule has 0 bridgehead atoms. The summed E-state index contributed by atoms with van der Waals surface area (Å²) < 4.78 is 41.4. The van der Waals surface area contributed by atoms with E-state index in [1.165, 1.54) is 16.4 Å². The van der Waals surface area contributed by atoms with Gasteiger partial charge in [0.05, 0.1) is 11.4 Å². The van der Waals surface area contributed by atoms with E-state index in [0.717, 1.165) is 38.2 Å². The van der Waals surface area contributed by atoms with Gasteiger partial charge in [0.25, 0.3) is 0 Å². The number of nitrogens with two attached hydrogens (primary N) is 1. The molecule has 0 saturated heterocycles. The van der Waals surface area contributed by atoms with Gasteiger partial charge in [-0.25, -0.2) is 4.39 Å². The Morgan fingerprint density at radius 2 is 1.95 bits per heavy atom. The average molecular weight is 301 g/mol. The van der Waals surface area contributed by atoms with Crippen molar-refractivity contribution in [2.75, 3.05) is 17.5 Å². The van der Waals surface area contributed by atoms with Gasteiger partial charge in [-0.05, 0) is 31.0 Å². The predicted octanol–water partition coefficient (Wildman–Crippen LogP) is 2.33. The lowest BCUT2D eigenvalue weighted by molar-refractivity contribution is 0.287. The second-order valence-electron chi connectivity index (χ2n) is 5.15. The van der Waals surface area contributed by atoms with Crippen LogP contribution in [0.3, 0.4) is 0 Å². The summed E-state index contributed by atoms with van der Waals surface area (Å²) in [4.78, 5) is 0. The Hall–Kier alpha value is -1.34. The van der Waals surface area contributed by atoms with Crippen LogP contribution in [0.2, 0.25) is 0 Å². The highest BCUT2D eigenvalue weighted by atomic mass is 32.2. The molecule has 1 aromatic rings. The summed E-state index contributed by atoms with van der Waals surface area (Å²) in [5, 5.41) is 0. The van der Waals surface area contributed by atoms with Crippen molar-refractivity contribution in [3.05, 3.63) is 24.0 Å².